The van der Waals surface area contributed by atoms with E-state index in [0.29, 0.717) is 6.42 Å². The quantitative estimate of drug-likeness (QED) is 0.0992. The Morgan fingerprint density at radius 2 is 0.690 bits per heavy atom. The molecule has 4 aromatic rings. The molecule has 17 nitrogen and oxygen atoms in total. The first-order valence-corrected chi connectivity index (χ1v) is 20.2. The van der Waals surface area contributed by atoms with Crippen LogP contribution in [-0.4, -0.2) is 123 Å². The second kappa shape index (κ2) is 14.8. The summed E-state index contributed by atoms with van der Waals surface area (Å²) in [4.78, 5) is 121. The van der Waals surface area contributed by atoms with Crippen molar-refractivity contribution in [2.75, 3.05) is 46.0 Å². The van der Waals surface area contributed by atoms with Crippen LogP contribution < -0.4 is 0 Å². The van der Waals surface area contributed by atoms with E-state index in [1.807, 2.05) is 6.92 Å². The van der Waals surface area contributed by atoms with Gasteiger partial charge in [-0.05, 0) is 74.2 Å². The fraction of sp³-hybridized carbons (Fsp3) is 0.300. The highest BCUT2D eigenvalue weighted by molar-refractivity contribution is 7.47. The fourth-order valence-corrected chi connectivity index (χ4v) is 8.85. The number of hydrogen-bond donors (Lipinski definition) is 2. The number of benzene rings is 4. The van der Waals surface area contributed by atoms with Crippen molar-refractivity contribution >= 4 is 76.6 Å². The minimum absolute atomic E-state index is 0.00244. The van der Waals surface area contributed by atoms with Crippen molar-refractivity contribution in [3.8, 4) is 0 Å². The maximum Gasteiger partial charge on any atom is 0.472 e. The van der Waals surface area contributed by atoms with Gasteiger partial charge in [0.25, 0.3) is 47.3 Å². The maximum absolute atomic E-state index is 13.5. The van der Waals surface area contributed by atoms with Crippen LogP contribution in [0.25, 0.3) is 21.5 Å². The summed E-state index contributed by atoms with van der Waals surface area (Å²) in [5, 5.41) is 10.1. The van der Waals surface area contributed by atoms with E-state index in [2.05, 4.69) is 0 Å². The fourth-order valence-electron chi connectivity index (χ4n) is 8.06. The van der Waals surface area contributed by atoms with Gasteiger partial charge in [-0.25, -0.2) is 4.57 Å². The SMILES string of the molecule is CCCN1C(=O)c2ccc3c4c(ccc(c24)C1=O)C(=O)N(CCCOP(=O)(O)OCCCN1C(=O)c2ccc4c5c(ccc(c25)C1=O)C(=O)N(CCCO)C4=O)C3=O. The molecular formula is C40H35N4O13P. The number of phosphoric acid groups is 1. The zero-order valence-electron chi connectivity index (χ0n) is 31.0. The summed E-state index contributed by atoms with van der Waals surface area (Å²) in [6.45, 7) is 0.666. The van der Waals surface area contributed by atoms with E-state index in [0.717, 1.165) is 19.6 Å². The average molecular weight is 811 g/mol. The van der Waals surface area contributed by atoms with Crippen LogP contribution in [0.5, 0.6) is 0 Å². The molecule has 298 valence electrons. The van der Waals surface area contributed by atoms with Crippen LogP contribution in [0.2, 0.25) is 0 Å². The molecule has 8 rings (SSSR count). The van der Waals surface area contributed by atoms with Gasteiger partial charge < -0.3 is 10.00 Å². The lowest BCUT2D eigenvalue weighted by atomic mass is 9.86. The van der Waals surface area contributed by atoms with Crippen molar-refractivity contribution in [3.05, 3.63) is 93.0 Å². The van der Waals surface area contributed by atoms with Crippen LogP contribution in [-0.2, 0) is 13.6 Å². The summed E-state index contributed by atoms with van der Waals surface area (Å²) in [6.07, 6.45) is 0.639. The number of rotatable bonds is 15. The first kappa shape index (κ1) is 38.9. The van der Waals surface area contributed by atoms with E-state index in [-0.39, 0.29) is 125 Å². The standard InChI is InChI=1S/C40H35N4O13P/c1-2-14-41-33(46)21-6-8-25-31-26(9-7-22(29(21)31)34(41)47)38(51)43(37(25)50)16-4-19-56-58(54,55)57-20-5-17-44-39(52)27-12-10-23-30-24(11-13-28(32(27)30)40(44)53)36(49)42(35(23)48)15-3-18-45/h6-13,45H,2-5,14-20H2,1H3,(H,54,55). The molecule has 8 amide bonds. The summed E-state index contributed by atoms with van der Waals surface area (Å²) in [6, 6.07) is 11.5. The summed E-state index contributed by atoms with van der Waals surface area (Å²) in [5.41, 5.74) is 1.26. The summed E-state index contributed by atoms with van der Waals surface area (Å²) in [5.74, 6) is -4.87. The number of imide groups is 4. The van der Waals surface area contributed by atoms with Gasteiger partial charge in [-0.15, -0.1) is 0 Å². The Balaban J connectivity index is 0.864. The van der Waals surface area contributed by atoms with Gasteiger partial charge in [0.05, 0.1) is 13.2 Å². The average Bonchev–Trinajstić information content (AvgIpc) is 3.21. The van der Waals surface area contributed by atoms with Gasteiger partial charge in [0.2, 0.25) is 0 Å². The number of carbonyl (C=O) groups excluding carboxylic acids is 8. The monoisotopic (exact) mass is 810 g/mol. The van der Waals surface area contributed by atoms with Crippen LogP contribution in [0, 0.1) is 0 Å². The highest BCUT2D eigenvalue weighted by Gasteiger charge is 2.41. The Morgan fingerprint density at radius 3 is 0.931 bits per heavy atom. The molecule has 0 saturated carbocycles. The molecule has 18 heteroatoms. The van der Waals surface area contributed by atoms with Crippen LogP contribution >= 0.6 is 7.82 Å². The number of phosphoric ester groups is 1. The summed E-state index contributed by atoms with van der Waals surface area (Å²) < 4.78 is 22.8. The van der Waals surface area contributed by atoms with E-state index < -0.39 is 61.7 Å². The highest BCUT2D eigenvalue weighted by atomic mass is 31.2. The molecule has 1 unspecified atom stereocenters. The molecule has 0 aromatic heterocycles. The van der Waals surface area contributed by atoms with Crippen LogP contribution in [0.4, 0.5) is 0 Å². The third-order valence-electron chi connectivity index (χ3n) is 10.7. The number of amides is 8. The van der Waals surface area contributed by atoms with Crippen molar-refractivity contribution in [2.24, 2.45) is 0 Å². The molecule has 58 heavy (non-hydrogen) atoms. The van der Waals surface area contributed by atoms with Gasteiger partial charge in [-0.2, -0.15) is 0 Å². The number of aliphatic hydroxyl groups is 1. The largest absolute Gasteiger partial charge is 0.472 e. The van der Waals surface area contributed by atoms with Gasteiger partial charge in [0.15, 0.2) is 0 Å². The molecule has 0 bridgehead atoms. The van der Waals surface area contributed by atoms with Crippen molar-refractivity contribution in [1.82, 2.24) is 19.6 Å². The Morgan fingerprint density at radius 1 is 0.448 bits per heavy atom. The second-order valence-corrected chi connectivity index (χ2v) is 15.6. The van der Waals surface area contributed by atoms with Crippen molar-refractivity contribution < 1.29 is 62.0 Å². The molecule has 2 N–H and O–H groups in total. The predicted octanol–water partition coefficient (Wildman–Crippen LogP) is 3.78. The lowest BCUT2D eigenvalue weighted by Gasteiger charge is -2.32. The number of hydrogen-bond acceptors (Lipinski definition) is 12. The topological polar surface area (TPSA) is 226 Å². The molecule has 4 heterocycles. The highest BCUT2D eigenvalue weighted by Crippen LogP contribution is 2.44. The van der Waals surface area contributed by atoms with Gasteiger partial charge in [-0.3, -0.25) is 67.0 Å². The van der Waals surface area contributed by atoms with E-state index in [4.69, 9.17) is 9.05 Å². The molecule has 4 aliphatic rings. The molecule has 4 aliphatic heterocycles. The normalized spacial score (nSPS) is 17.1. The van der Waals surface area contributed by atoms with Crippen LogP contribution in [0.1, 0.15) is 115 Å². The van der Waals surface area contributed by atoms with Crippen LogP contribution in [0.15, 0.2) is 48.5 Å². The third kappa shape index (κ3) is 6.05. The summed E-state index contributed by atoms with van der Waals surface area (Å²) in [7, 11) is -4.66. The predicted molar refractivity (Wildman–Crippen MR) is 202 cm³/mol. The Bertz CT molecular complexity index is 2480. The Kier molecular flexibility index (Phi) is 9.89. The second-order valence-electron chi connectivity index (χ2n) is 14.1. The van der Waals surface area contributed by atoms with Gasteiger partial charge in [-0.1, -0.05) is 6.92 Å². The minimum atomic E-state index is -4.66. The zero-order valence-corrected chi connectivity index (χ0v) is 31.9. The van der Waals surface area contributed by atoms with Gasteiger partial charge in [0, 0.05) is 98.8 Å². The molecule has 0 saturated heterocycles. The van der Waals surface area contributed by atoms with E-state index in [9.17, 15) is 52.9 Å². The lowest BCUT2D eigenvalue weighted by Crippen LogP contribution is -2.44. The first-order chi connectivity index (χ1) is 27.8. The Labute approximate surface area is 329 Å². The maximum atomic E-state index is 13.5. The molecular weight excluding hydrogens is 775 g/mol. The van der Waals surface area contributed by atoms with Crippen molar-refractivity contribution in [1.29, 1.82) is 0 Å². The molecule has 0 spiro atoms. The number of carbonyl (C=O) groups is 8. The molecule has 4 aromatic carbocycles. The van der Waals surface area contributed by atoms with E-state index in [1.165, 1.54) is 48.5 Å². The van der Waals surface area contributed by atoms with Crippen molar-refractivity contribution in [2.45, 2.75) is 32.6 Å². The van der Waals surface area contributed by atoms with Gasteiger partial charge >= 0.3 is 7.82 Å². The zero-order chi connectivity index (χ0) is 41.2. The first-order valence-electron chi connectivity index (χ1n) is 18.7. The van der Waals surface area contributed by atoms with Crippen molar-refractivity contribution in [3.63, 3.8) is 0 Å². The van der Waals surface area contributed by atoms with E-state index >= 15 is 0 Å². The lowest BCUT2D eigenvalue weighted by molar-refractivity contribution is 0.0574. The van der Waals surface area contributed by atoms with E-state index in [1.54, 1.807) is 0 Å². The van der Waals surface area contributed by atoms with Crippen LogP contribution in [0.3, 0.4) is 0 Å². The number of aliphatic hydroxyl groups excluding tert-OH is 1. The summed E-state index contributed by atoms with van der Waals surface area (Å²) >= 11 is 0. The minimum Gasteiger partial charge on any atom is -0.396 e. The molecule has 0 fully saturated rings. The Hall–Kier alpha value is -5.97. The van der Waals surface area contributed by atoms with Gasteiger partial charge in [0.1, 0.15) is 0 Å². The molecule has 0 radical (unpaired) electrons. The third-order valence-corrected chi connectivity index (χ3v) is 11.7. The molecule has 0 aliphatic carbocycles. The molecule has 1 atom stereocenters. The smallest absolute Gasteiger partial charge is 0.396 e. The number of nitrogens with zero attached hydrogens (tertiary/aromatic N) is 4.